The zero-order chi connectivity index (χ0) is 10.7. The van der Waals surface area contributed by atoms with Gasteiger partial charge in [-0.3, -0.25) is 13.4 Å². The predicted molar refractivity (Wildman–Crippen MR) is 40.4 cm³/mol. The summed E-state index contributed by atoms with van der Waals surface area (Å²) in [6.07, 6.45) is 0. The smallest absolute Gasteiger partial charge is 0.517 e. The van der Waals surface area contributed by atoms with E-state index in [1.807, 2.05) is 0 Å². The molecule has 0 bridgehead atoms. The van der Waals surface area contributed by atoms with Crippen molar-refractivity contribution in [3.63, 3.8) is 0 Å². The molecular formula is H6F3O6PSi3. The minimum atomic E-state index is -3.63. The number of hydrogen-bond acceptors (Lipinski definition) is 3. The van der Waals surface area contributed by atoms with Crippen molar-refractivity contribution < 1.29 is 40.1 Å². The van der Waals surface area contributed by atoms with Crippen LogP contribution >= 0.6 is 9.90 Å². The average molecular weight is 274 g/mol. The molecule has 13 heavy (non-hydrogen) atoms. The van der Waals surface area contributed by atoms with Crippen LogP contribution in [0.15, 0.2) is 0 Å². The molecule has 0 fully saturated rings. The van der Waals surface area contributed by atoms with Crippen molar-refractivity contribution in [1.82, 2.24) is 0 Å². The monoisotopic (exact) mass is 274 g/mol. The Kier molecular flexibility index (Phi) is 31.2. The Morgan fingerprint density at radius 3 is 0.692 bits per heavy atom. The maximum atomic E-state index is 10.1. The van der Waals surface area contributed by atoms with Gasteiger partial charge >= 0.3 is 27.8 Å². The van der Waals surface area contributed by atoms with Crippen LogP contribution in [-0.4, -0.2) is 42.2 Å². The van der Waals surface area contributed by atoms with Gasteiger partial charge in [-0.05, 0) is 0 Å². The van der Waals surface area contributed by atoms with E-state index >= 15 is 0 Å². The summed E-state index contributed by atoms with van der Waals surface area (Å²) < 4.78 is 55.9. The highest BCUT2D eigenvalue weighted by Crippen LogP contribution is 1.47. The molecule has 0 saturated carbocycles. The second-order valence-electron chi connectivity index (χ2n) is 0.759. The lowest BCUT2D eigenvalue weighted by atomic mass is 15.9. The van der Waals surface area contributed by atoms with Gasteiger partial charge in [-0.1, -0.05) is 0 Å². The third-order valence-electron chi connectivity index (χ3n) is 0. The Bertz CT molecular complexity index is 121. The zero-order valence-corrected chi connectivity index (χ0v) is 10.3. The Hall–Kier alpha value is -0.329. The fourth-order valence-electron chi connectivity index (χ4n) is 0. The minimum Gasteiger partial charge on any atom is -0.517 e. The first-order chi connectivity index (χ1) is 5.20. The number of halogens is 3. The van der Waals surface area contributed by atoms with Crippen molar-refractivity contribution in [2.75, 3.05) is 0 Å². The molecule has 0 aliphatic carbocycles. The van der Waals surface area contributed by atoms with Gasteiger partial charge in [0.05, 0.1) is 0 Å². The quantitative estimate of drug-likeness (QED) is 0.271. The summed E-state index contributed by atoms with van der Waals surface area (Å²) in [5.41, 5.74) is 0. The molecular weight excluding hydrogens is 268 g/mol. The van der Waals surface area contributed by atoms with Crippen molar-refractivity contribution in [3.8, 4) is 0 Å². The van der Waals surface area contributed by atoms with Crippen molar-refractivity contribution >= 4 is 37.7 Å². The van der Waals surface area contributed by atoms with Gasteiger partial charge in [0.25, 0.3) is 0 Å². The van der Waals surface area contributed by atoms with Crippen LogP contribution in [0.25, 0.3) is 0 Å². The second kappa shape index (κ2) is 17.7. The maximum absolute atomic E-state index is 10.1. The highest BCUT2D eigenvalue weighted by Gasteiger charge is 1.88. The first kappa shape index (κ1) is 23.0. The van der Waals surface area contributed by atoms with Gasteiger partial charge in [0, 0.05) is 0 Å². The molecule has 0 aliphatic rings. The van der Waals surface area contributed by atoms with Gasteiger partial charge in [0.15, 0.2) is 0 Å². The summed E-state index contributed by atoms with van der Waals surface area (Å²) in [5.74, 6) is 0. The summed E-state index contributed by atoms with van der Waals surface area (Å²) in [5, 5.41) is 0. The van der Waals surface area contributed by atoms with Crippen molar-refractivity contribution in [2.24, 2.45) is 0 Å². The highest BCUT2D eigenvalue weighted by molar-refractivity contribution is 6.92. The molecule has 0 rings (SSSR count). The average Bonchev–Trinajstić information content (AvgIpc) is 1.54. The summed E-state index contributed by atoms with van der Waals surface area (Å²) in [6.45, 7) is 0. The van der Waals surface area contributed by atoms with E-state index in [0.717, 1.165) is 0 Å². The third kappa shape index (κ3) is 10100. The van der Waals surface area contributed by atoms with E-state index in [1.54, 1.807) is 0 Å². The molecule has 1 unspecified atom stereocenters. The van der Waals surface area contributed by atoms with Crippen molar-refractivity contribution in [3.05, 3.63) is 0 Å². The molecule has 0 aliphatic heterocycles. The number of hydrogen-bond donors (Lipinski definition) is 3. The molecule has 0 heterocycles. The van der Waals surface area contributed by atoms with E-state index < -0.39 is 27.8 Å². The molecule has 6 nitrogen and oxygen atoms in total. The molecule has 80 valence electrons. The highest BCUT2D eigenvalue weighted by atomic mass is 31.0. The molecule has 1 atom stereocenters. The number of rotatable bonds is 0. The van der Waals surface area contributed by atoms with Crippen LogP contribution in [0, 0.1) is 0 Å². The SMILES string of the molecule is O=[Si](O)F.O=[Si](O)F.O=[Si](O)F.P. The van der Waals surface area contributed by atoms with Gasteiger partial charge < -0.3 is 14.4 Å². The van der Waals surface area contributed by atoms with E-state index in [9.17, 15) is 12.3 Å². The molecule has 13 heteroatoms. The molecule has 0 spiro atoms. The van der Waals surface area contributed by atoms with Crippen LogP contribution in [0.4, 0.5) is 12.3 Å². The Morgan fingerprint density at radius 1 is 0.692 bits per heavy atom. The summed E-state index contributed by atoms with van der Waals surface area (Å²) in [7, 11) is -10.9. The zero-order valence-electron chi connectivity index (χ0n) is 5.91. The van der Waals surface area contributed by atoms with E-state index in [4.69, 9.17) is 27.8 Å². The summed E-state index contributed by atoms with van der Waals surface area (Å²) in [6, 6.07) is 0. The first-order valence-corrected chi connectivity index (χ1v) is 5.55. The molecule has 0 aromatic heterocycles. The Labute approximate surface area is 78.5 Å². The Morgan fingerprint density at radius 2 is 0.692 bits per heavy atom. The van der Waals surface area contributed by atoms with E-state index in [1.165, 1.54) is 0 Å². The Balaban J connectivity index is -0.0000000450. The fourth-order valence-corrected chi connectivity index (χ4v) is 0. The van der Waals surface area contributed by atoms with Gasteiger partial charge in [0.2, 0.25) is 0 Å². The topological polar surface area (TPSA) is 112 Å². The van der Waals surface area contributed by atoms with Crippen molar-refractivity contribution in [2.45, 2.75) is 0 Å². The lowest BCUT2D eigenvalue weighted by molar-refractivity contribution is 0.388. The van der Waals surface area contributed by atoms with Gasteiger partial charge in [-0.15, -0.1) is 0 Å². The van der Waals surface area contributed by atoms with Crippen molar-refractivity contribution in [1.29, 1.82) is 0 Å². The van der Waals surface area contributed by atoms with Crippen LogP contribution in [0.3, 0.4) is 0 Å². The lowest BCUT2D eigenvalue weighted by Gasteiger charge is -1.49. The fraction of sp³-hybridized carbons (Fsp3) is 0. The molecule has 3 N–H and O–H groups in total. The normalized spacial score (nSPS) is 5.77. The van der Waals surface area contributed by atoms with Crippen LogP contribution in [-0.2, 0) is 13.4 Å². The van der Waals surface area contributed by atoms with Crippen LogP contribution < -0.4 is 0 Å². The van der Waals surface area contributed by atoms with Crippen LogP contribution in [0.5, 0.6) is 0 Å². The largest absolute Gasteiger partial charge is 0.734 e. The van der Waals surface area contributed by atoms with Gasteiger partial charge in [0.1, 0.15) is 0 Å². The molecule has 0 aromatic rings. The maximum Gasteiger partial charge on any atom is 0.734 e. The molecule has 0 radical (unpaired) electrons. The van der Waals surface area contributed by atoms with Gasteiger partial charge in [-0.2, -0.15) is 22.2 Å². The van der Waals surface area contributed by atoms with E-state index in [2.05, 4.69) is 0 Å². The van der Waals surface area contributed by atoms with E-state index in [0.29, 0.717) is 0 Å². The predicted octanol–water partition coefficient (Wildman–Crippen LogP) is -1.85. The van der Waals surface area contributed by atoms with E-state index in [-0.39, 0.29) is 9.90 Å². The third-order valence-corrected chi connectivity index (χ3v) is 0. The van der Waals surface area contributed by atoms with Gasteiger partial charge in [-0.25, -0.2) is 0 Å². The minimum absolute atomic E-state index is 0. The van der Waals surface area contributed by atoms with Crippen LogP contribution in [0.2, 0.25) is 0 Å². The lowest BCUT2D eigenvalue weighted by Crippen LogP contribution is -1.79. The summed E-state index contributed by atoms with van der Waals surface area (Å²) >= 11 is 0. The second-order valence-corrected chi connectivity index (χ2v) is 2.28. The summed E-state index contributed by atoms with van der Waals surface area (Å²) in [4.78, 5) is 20.8. The first-order valence-electron chi connectivity index (χ1n) is 1.85. The molecule has 0 saturated heterocycles. The standard InChI is InChI=1S/3FHO2Si.H3P/c3*1-4(2)3;/h3*2H;1H3. The van der Waals surface area contributed by atoms with Crippen LogP contribution in [0.1, 0.15) is 0 Å². The molecule has 0 aromatic carbocycles. The molecule has 0 amide bonds.